The van der Waals surface area contributed by atoms with E-state index < -0.39 is 0 Å². The Balaban J connectivity index is 1.34. The van der Waals surface area contributed by atoms with E-state index in [1.807, 2.05) is 11.3 Å². The molecule has 50 heavy (non-hydrogen) atoms. The van der Waals surface area contributed by atoms with Gasteiger partial charge in [0.25, 0.3) is 0 Å². The van der Waals surface area contributed by atoms with Crippen molar-refractivity contribution in [3.05, 3.63) is 188 Å². The third kappa shape index (κ3) is 4.53. The Hall–Kier alpha value is -6.22. The second-order valence-corrected chi connectivity index (χ2v) is 13.9. The molecule has 1 nitrogen and oxygen atoms in total. The van der Waals surface area contributed by atoms with Gasteiger partial charge in [0.15, 0.2) is 0 Å². The third-order valence-corrected chi connectivity index (χ3v) is 11.3. The van der Waals surface area contributed by atoms with Crippen molar-refractivity contribution in [3.8, 4) is 22.3 Å². The average Bonchev–Trinajstić information content (AvgIpc) is 3.57. The zero-order chi connectivity index (χ0) is 33.0. The Morgan fingerprint density at radius 2 is 0.920 bits per heavy atom. The van der Waals surface area contributed by atoms with E-state index in [1.165, 1.54) is 80.4 Å². The number of benzene rings is 9. The molecule has 1 heterocycles. The van der Waals surface area contributed by atoms with Crippen molar-refractivity contribution in [1.82, 2.24) is 0 Å². The molecule has 0 saturated heterocycles. The standard InChI is InChI=1S/C48H31NS/c1-2-15-33(16-3-1)36-26-12-19-34-20-13-27-40(47(34)36)37-22-8-10-28-44(37)49(43-29-14-18-32-17-4-5-21-35(32)43)45-31-42-39-24-9-11-30-46(39)50-48(42)41-25-7-6-23-38(41)45/h1-31H. The highest BCUT2D eigenvalue weighted by Gasteiger charge is 2.24. The first-order valence-corrected chi connectivity index (χ1v) is 17.9. The van der Waals surface area contributed by atoms with Crippen LogP contribution in [0.1, 0.15) is 0 Å². The summed E-state index contributed by atoms with van der Waals surface area (Å²) in [6.07, 6.45) is 0. The summed E-state index contributed by atoms with van der Waals surface area (Å²) in [5.74, 6) is 0. The molecule has 0 aliphatic heterocycles. The van der Waals surface area contributed by atoms with Crippen LogP contribution in [0, 0.1) is 0 Å². The first kappa shape index (κ1) is 28.8. The Kier molecular flexibility index (Phi) is 6.75. The Bertz CT molecular complexity index is 2870. The molecule has 0 N–H and O–H groups in total. The molecule has 0 saturated carbocycles. The molecule has 10 aromatic rings. The van der Waals surface area contributed by atoms with Crippen LogP contribution < -0.4 is 4.90 Å². The molecule has 234 valence electrons. The van der Waals surface area contributed by atoms with Crippen molar-refractivity contribution in [1.29, 1.82) is 0 Å². The molecule has 0 bridgehead atoms. The molecule has 9 aromatic carbocycles. The number of fused-ring (bicyclic) bond motifs is 7. The molecular formula is C48H31NS. The summed E-state index contributed by atoms with van der Waals surface area (Å²) < 4.78 is 2.64. The lowest BCUT2D eigenvalue weighted by atomic mass is 9.90. The van der Waals surface area contributed by atoms with Crippen molar-refractivity contribution < 1.29 is 0 Å². The number of anilines is 3. The summed E-state index contributed by atoms with van der Waals surface area (Å²) in [5, 5.41) is 10.0. The minimum atomic E-state index is 1.14. The topological polar surface area (TPSA) is 3.24 Å². The number of rotatable bonds is 5. The summed E-state index contributed by atoms with van der Waals surface area (Å²) in [6, 6.07) is 68.8. The molecule has 0 aliphatic rings. The van der Waals surface area contributed by atoms with Gasteiger partial charge >= 0.3 is 0 Å². The molecule has 10 rings (SSSR count). The molecule has 0 spiro atoms. The van der Waals surface area contributed by atoms with Crippen LogP contribution >= 0.6 is 11.3 Å². The van der Waals surface area contributed by atoms with Gasteiger partial charge in [-0.05, 0) is 57.1 Å². The van der Waals surface area contributed by atoms with E-state index in [0.717, 1.165) is 11.4 Å². The smallest absolute Gasteiger partial charge is 0.0547 e. The number of para-hydroxylation sites is 1. The second kappa shape index (κ2) is 11.7. The minimum absolute atomic E-state index is 1.14. The number of hydrogen-bond acceptors (Lipinski definition) is 2. The van der Waals surface area contributed by atoms with Crippen molar-refractivity contribution in [3.63, 3.8) is 0 Å². The summed E-state index contributed by atoms with van der Waals surface area (Å²) >= 11 is 1.89. The maximum absolute atomic E-state index is 2.52. The third-order valence-electron chi connectivity index (χ3n) is 10.0. The van der Waals surface area contributed by atoms with Crippen LogP contribution in [0.2, 0.25) is 0 Å². The molecule has 0 atom stereocenters. The summed E-state index contributed by atoms with van der Waals surface area (Å²) in [5.41, 5.74) is 8.33. The van der Waals surface area contributed by atoms with Gasteiger partial charge in [-0.25, -0.2) is 0 Å². The van der Waals surface area contributed by atoms with E-state index in [2.05, 4.69) is 193 Å². The lowest BCUT2D eigenvalue weighted by Gasteiger charge is -2.30. The van der Waals surface area contributed by atoms with Gasteiger partial charge in [-0.3, -0.25) is 0 Å². The van der Waals surface area contributed by atoms with Crippen LogP contribution in [0.3, 0.4) is 0 Å². The van der Waals surface area contributed by atoms with E-state index in [0.29, 0.717) is 0 Å². The summed E-state index contributed by atoms with van der Waals surface area (Å²) in [6.45, 7) is 0. The van der Waals surface area contributed by atoms with Crippen LogP contribution in [0.5, 0.6) is 0 Å². The van der Waals surface area contributed by atoms with Crippen LogP contribution in [0.15, 0.2) is 188 Å². The Morgan fingerprint density at radius 3 is 1.78 bits per heavy atom. The fourth-order valence-electron chi connectivity index (χ4n) is 7.83. The van der Waals surface area contributed by atoms with Gasteiger partial charge in [0, 0.05) is 41.9 Å². The number of hydrogen-bond donors (Lipinski definition) is 0. The monoisotopic (exact) mass is 653 g/mol. The predicted molar refractivity (Wildman–Crippen MR) is 217 cm³/mol. The highest BCUT2D eigenvalue weighted by atomic mass is 32.1. The lowest BCUT2D eigenvalue weighted by molar-refractivity contribution is 1.32. The fraction of sp³-hybridized carbons (Fsp3) is 0. The number of thiophene rings is 1. The highest BCUT2D eigenvalue weighted by molar-refractivity contribution is 7.26. The normalized spacial score (nSPS) is 11.6. The van der Waals surface area contributed by atoms with Crippen molar-refractivity contribution in [2.45, 2.75) is 0 Å². The Labute approximate surface area is 294 Å². The van der Waals surface area contributed by atoms with Crippen molar-refractivity contribution in [2.24, 2.45) is 0 Å². The van der Waals surface area contributed by atoms with Gasteiger partial charge in [0.2, 0.25) is 0 Å². The maximum Gasteiger partial charge on any atom is 0.0547 e. The number of nitrogens with zero attached hydrogens (tertiary/aromatic N) is 1. The molecule has 0 radical (unpaired) electrons. The first-order valence-electron chi connectivity index (χ1n) is 17.1. The fourth-order valence-corrected chi connectivity index (χ4v) is 9.05. The quantitative estimate of drug-likeness (QED) is 0.179. The summed E-state index contributed by atoms with van der Waals surface area (Å²) in [7, 11) is 0. The van der Waals surface area contributed by atoms with Gasteiger partial charge < -0.3 is 4.90 Å². The van der Waals surface area contributed by atoms with Crippen LogP contribution in [-0.2, 0) is 0 Å². The minimum Gasteiger partial charge on any atom is -0.309 e. The Morgan fingerprint density at radius 1 is 0.340 bits per heavy atom. The van der Waals surface area contributed by atoms with E-state index in [1.54, 1.807) is 0 Å². The van der Waals surface area contributed by atoms with Crippen molar-refractivity contribution >= 4 is 80.9 Å². The van der Waals surface area contributed by atoms with E-state index >= 15 is 0 Å². The molecular weight excluding hydrogens is 623 g/mol. The van der Waals surface area contributed by atoms with Crippen LogP contribution in [0.4, 0.5) is 17.1 Å². The molecule has 0 amide bonds. The highest BCUT2D eigenvalue weighted by Crippen LogP contribution is 2.50. The molecule has 1 aromatic heterocycles. The van der Waals surface area contributed by atoms with Gasteiger partial charge in [-0.1, -0.05) is 164 Å². The van der Waals surface area contributed by atoms with E-state index in [-0.39, 0.29) is 0 Å². The lowest BCUT2D eigenvalue weighted by Crippen LogP contribution is -2.12. The van der Waals surface area contributed by atoms with Crippen LogP contribution in [-0.4, -0.2) is 0 Å². The van der Waals surface area contributed by atoms with E-state index in [9.17, 15) is 0 Å². The molecule has 0 fully saturated rings. The van der Waals surface area contributed by atoms with Gasteiger partial charge in [-0.2, -0.15) is 0 Å². The average molecular weight is 654 g/mol. The molecule has 2 heteroatoms. The van der Waals surface area contributed by atoms with Gasteiger partial charge in [-0.15, -0.1) is 11.3 Å². The molecule has 0 aliphatic carbocycles. The van der Waals surface area contributed by atoms with Crippen molar-refractivity contribution in [2.75, 3.05) is 4.90 Å². The molecule has 0 unspecified atom stereocenters. The predicted octanol–water partition coefficient (Wildman–Crippen LogP) is 14.3. The SMILES string of the molecule is c1ccc(-c2cccc3cccc(-c4ccccc4N(c4cccc5ccccc45)c4cc5c6ccccc6sc5c5ccccc45)c23)cc1. The second-order valence-electron chi connectivity index (χ2n) is 12.8. The maximum atomic E-state index is 2.52. The largest absolute Gasteiger partial charge is 0.309 e. The zero-order valence-electron chi connectivity index (χ0n) is 27.3. The van der Waals surface area contributed by atoms with E-state index in [4.69, 9.17) is 0 Å². The van der Waals surface area contributed by atoms with Crippen LogP contribution in [0.25, 0.3) is 74.7 Å². The first-order chi connectivity index (χ1) is 24.8. The van der Waals surface area contributed by atoms with Gasteiger partial charge in [0.1, 0.15) is 0 Å². The van der Waals surface area contributed by atoms with Gasteiger partial charge in [0.05, 0.1) is 17.1 Å². The zero-order valence-corrected chi connectivity index (χ0v) is 28.1. The summed E-state index contributed by atoms with van der Waals surface area (Å²) in [4.78, 5) is 2.52.